The molecule has 1 fully saturated rings. The minimum atomic E-state index is -0.100. The summed E-state index contributed by atoms with van der Waals surface area (Å²) in [6.45, 7) is 16.6. The zero-order chi connectivity index (χ0) is 29.5. The van der Waals surface area contributed by atoms with Crippen molar-refractivity contribution < 1.29 is 9.37 Å². The highest BCUT2D eigenvalue weighted by Gasteiger charge is 2.25. The molecule has 0 aromatic rings. The molecule has 0 bridgehead atoms. The zero-order valence-electron chi connectivity index (χ0n) is 24.7. The molecule has 40 heavy (non-hydrogen) atoms. The molecule has 8 heteroatoms. The molecule has 0 aromatic carbocycles. The lowest BCUT2D eigenvalue weighted by molar-refractivity contribution is -0.378. The monoisotopic (exact) mass is 563 g/mol. The van der Waals surface area contributed by atoms with Crippen molar-refractivity contribution in [1.29, 1.82) is 5.26 Å². The van der Waals surface area contributed by atoms with Crippen molar-refractivity contribution in [2.75, 3.05) is 46.3 Å². The number of nitrogens with one attached hydrogen (secondary N) is 1. The van der Waals surface area contributed by atoms with E-state index in [0.717, 1.165) is 71.5 Å². The number of rotatable bonds is 13. The van der Waals surface area contributed by atoms with E-state index in [1.54, 1.807) is 10.7 Å². The van der Waals surface area contributed by atoms with E-state index >= 15 is 0 Å². The van der Waals surface area contributed by atoms with E-state index in [2.05, 4.69) is 41.0 Å². The van der Waals surface area contributed by atoms with Crippen molar-refractivity contribution in [3.63, 3.8) is 0 Å². The van der Waals surface area contributed by atoms with Crippen molar-refractivity contribution in [3.8, 4) is 6.07 Å². The maximum absolute atomic E-state index is 13.5. The van der Waals surface area contributed by atoms with E-state index in [0.29, 0.717) is 25.9 Å². The Labute approximate surface area is 245 Å². The van der Waals surface area contributed by atoms with Gasteiger partial charge in [-0.15, -0.1) is 4.58 Å². The van der Waals surface area contributed by atoms with Gasteiger partial charge in [-0.1, -0.05) is 36.8 Å². The molecule has 0 radical (unpaired) electrons. The number of hydrogen-bond acceptors (Lipinski definition) is 6. The summed E-state index contributed by atoms with van der Waals surface area (Å²) >= 11 is 6.14. The Morgan fingerprint density at radius 3 is 2.67 bits per heavy atom. The number of carbonyl (C=O) groups is 1. The number of piperazine rings is 1. The number of nitrogens with zero attached hydrogens (tertiary/aromatic N) is 5. The number of nitriles is 1. The highest BCUT2D eigenvalue weighted by atomic mass is 35.5. The highest BCUT2D eigenvalue weighted by molar-refractivity contribution is 6.29. The smallest absolute Gasteiger partial charge is 0.372 e. The largest absolute Gasteiger partial charge is 0.417 e. The summed E-state index contributed by atoms with van der Waals surface area (Å²) < 4.78 is 1.72. The molecular formula is C32H44ClN6O+. The Kier molecular flexibility index (Phi) is 14.3. The number of amides is 1. The van der Waals surface area contributed by atoms with Crippen LogP contribution in [-0.2, 0) is 4.79 Å². The van der Waals surface area contributed by atoms with Crippen LogP contribution in [0.3, 0.4) is 0 Å². The van der Waals surface area contributed by atoms with Gasteiger partial charge in [0, 0.05) is 73.6 Å². The molecule has 2 rings (SSSR count). The lowest BCUT2D eigenvalue weighted by Crippen LogP contribution is -2.42. The highest BCUT2D eigenvalue weighted by Crippen LogP contribution is 2.28. The molecule has 0 atom stereocenters. The molecule has 2 heterocycles. The fourth-order valence-electron chi connectivity index (χ4n) is 4.50. The second-order valence-electron chi connectivity index (χ2n) is 9.82. The maximum atomic E-state index is 13.5. The molecule has 214 valence electrons. The van der Waals surface area contributed by atoms with Crippen molar-refractivity contribution in [1.82, 2.24) is 15.1 Å². The summed E-state index contributed by atoms with van der Waals surface area (Å²) in [4.78, 5) is 22.1. The third kappa shape index (κ3) is 10.0. The van der Waals surface area contributed by atoms with Crippen LogP contribution in [0.2, 0.25) is 0 Å². The summed E-state index contributed by atoms with van der Waals surface area (Å²) in [7, 11) is 1.91. The maximum Gasteiger partial charge on any atom is 0.417 e. The molecule has 7 nitrogen and oxygen atoms in total. The first kappa shape index (κ1) is 32.9. The van der Waals surface area contributed by atoms with Gasteiger partial charge in [0.05, 0.1) is 18.7 Å². The quantitative estimate of drug-likeness (QED) is 0.139. The molecule has 2 aliphatic heterocycles. The van der Waals surface area contributed by atoms with Gasteiger partial charge in [0.25, 0.3) is 0 Å². The Morgan fingerprint density at radius 1 is 1.35 bits per heavy atom. The zero-order valence-corrected chi connectivity index (χ0v) is 25.5. The third-order valence-corrected chi connectivity index (χ3v) is 7.37. The number of hydrogen-bond donors (Lipinski definition) is 1. The normalized spacial score (nSPS) is 19.1. The van der Waals surface area contributed by atoms with Gasteiger partial charge < -0.3 is 10.2 Å². The van der Waals surface area contributed by atoms with Gasteiger partial charge in [-0.05, 0) is 64.3 Å². The standard InChI is InChI=1S/C32H44ClN6O/c1-7-28(33)11-9-10-12-29(14-18-37(6)20-15-34)39-19-13-27(24-32(39)40)30(8-2)31(26(4)35-5)23-25(3)38-21-16-36-17-22-38/h8-11,13,19,23-24,36H,5,7,12,14,16-18,20-22H2,1-4,6H3/q+1/b10-9-,25-23+,28-11+,30-8-,31-26+,39-29?. The van der Waals surface area contributed by atoms with Gasteiger partial charge >= 0.3 is 5.91 Å². The van der Waals surface area contributed by atoms with Crippen LogP contribution in [0.25, 0.3) is 0 Å². The van der Waals surface area contributed by atoms with Gasteiger partial charge in [-0.2, -0.15) is 5.26 Å². The second-order valence-corrected chi connectivity index (χ2v) is 10.3. The summed E-state index contributed by atoms with van der Waals surface area (Å²) in [5.41, 5.74) is 5.65. The van der Waals surface area contributed by atoms with Crippen LogP contribution in [0.4, 0.5) is 0 Å². The first-order chi connectivity index (χ1) is 19.2. The van der Waals surface area contributed by atoms with E-state index in [1.165, 1.54) is 0 Å². The van der Waals surface area contributed by atoms with Crippen LogP contribution in [0.15, 0.2) is 86.9 Å². The minimum Gasteiger partial charge on any atom is -0.372 e. The molecule has 0 spiro atoms. The van der Waals surface area contributed by atoms with Crippen molar-refractivity contribution in [2.24, 2.45) is 4.99 Å². The molecule has 1 N–H and O–H groups in total. The molecule has 0 saturated carbocycles. The SMILES string of the molecule is C=N/C(C)=C(\C=C(/C)N1CCNCC1)C(=C\C)/C1=CC(=O)[N+](=C(C/C=C\C=C(\Cl)CC)CCN(C)CC#N)C=C1. The number of halogens is 1. The summed E-state index contributed by atoms with van der Waals surface area (Å²) in [6.07, 6.45) is 17.5. The predicted molar refractivity (Wildman–Crippen MR) is 167 cm³/mol. The van der Waals surface area contributed by atoms with Crippen molar-refractivity contribution >= 4 is 29.9 Å². The van der Waals surface area contributed by atoms with Crippen LogP contribution in [0.1, 0.15) is 47.0 Å². The Hall–Kier alpha value is -3.31. The van der Waals surface area contributed by atoms with Gasteiger partial charge in [-0.25, -0.2) is 4.79 Å². The summed E-state index contributed by atoms with van der Waals surface area (Å²) in [5, 5.41) is 13.2. The third-order valence-electron chi connectivity index (χ3n) is 6.97. The van der Waals surface area contributed by atoms with E-state index < -0.39 is 0 Å². The number of aliphatic imine (C=N–C) groups is 1. The molecule has 0 aliphatic carbocycles. The second kappa shape index (κ2) is 17.4. The van der Waals surface area contributed by atoms with Crippen molar-refractivity contribution in [3.05, 3.63) is 81.9 Å². The summed E-state index contributed by atoms with van der Waals surface area (Å²) in [5.74, 6) is -0.100. The Bertz CT molecular complexity index is 1220. The van der Waals surface area contributed by atoms with E-state index in [1.807, 2.05) is 69.3 Å². The molecule has 1 saturated heterocycles. The number of allylic oxidation sites excluding steroid dienone is 12. The van der Waals surface area contributed by atoms with E-state index in [-0.39, 0.29) is 5.91 Å². The van der Waals surface area contributed by atoms with Crippen LogP contribution < -0.4 is 5.32 Å². The molecular weight excluding hydrogens is 520 g/mol. The molecule has 2 aliphatic rings. The topological polar surface area (TPSA) is 74.7 Å². The fraction of sp³-hybridized carbons (Fsp3) is 0.438. The van der Waals surface area contributed by atoms with Crippen LogP contribution in [0, 0.1) is 11.3 Å². The van der Waals surface area contributed by atoms with Crippen molar-refractivity contribution in [2.45, 2.75) is 47.0 Å². The van der Waals surface area contributed by atoms with Gasteiger partial charge in [0.2, 0.25) is 0 Å². The fourth-order valence-corrected chi connectivity index (χ4v) is 4.57. The lowest BCUT2D eigenvalue weighted by Gasteiger charge is -2.30. The van der Waals surface area contributed by atoms with Crippen LogP contribution in [0.5, 0.6) is 0 Å². The number of carbonyl (C=O) groups excluding carboxylic acids is 1. The Balaban J connectivity index is 2.41. The first-order valence-corrected chi connectivity index (χ1v) is 14.3. The van der Waals surface area contributed by atoms with E-state index in [4.69, 9.17) is 16.9 Å². The lowest BCUT2D eigenvalue weighted by atomic mass is 9.93. The minimum absolute atomic E-state index is 0.100. The van der Waals surface area contributed by atoms with Crippen LogP contribution in [-0.4, -0.2) is 79.0 Å². The molecule has 0 unspecified atom stereocenters. The Morgan fingerprint density at radius 2 is 2.08 bits per heavy atom. The average Bonchev–Trinajstić information content (AvgIpc) is 2.96. The average molecular weight is 564 g/mol. The molecule has 1 amide bonds. The first-order valence-electron chi connectivity index (χ1n) is 13.9. The molecule has 0 aromatic heterocycles. The van der Waals surface area contributed by atoms with Gasteiger partial charge in [-0.3, -0.25) is 9.89 Å². The van der Waals surface area contributed by atoms with Gasteiger partial charge in [0.15, 0.2) is 11.9 Å². The van der Waals surface area contributed by atoms with E-state index in [9.17, 15) is 4.79 Å². The van der Waals surface area contributed by atoms with Gasteiger partial charge in [0.1, 0.15) is 0 Å². The predicted octanol–water partition coefficient (Wildman–Crippen LogP) is 5.47. The van der Waals surface area contributed by atoms with Crippen LogP contribution >= 0.6 is 11.6 Å². The summed E-state index contributed by atoms with van der Waals surface area (Å²) in [6, 6.07) is 2.18.